The van der Waals surface area contributed by atoms with Crippen molar-refractivity contribution < 1.29 is 28.2 Å². The third-order valence-electron chi connectivity index (χ3n) is 10.8. The summed E-state index contributed by atoms with van der Waals surface area (Å²) in [5.41, 5.74) is 3.50. The number of esters is 1. The Labute approximate surface area is 284 Å². The number of hydrogen-bond acceptors (Lipinski definition) is 6. The molecule has 1 saturated carbocycles. The van der Waals surface area contributed by atoms with Gasteiger partial charge in [-0.3, -0.25) is 0 Å². The van der Waals surface area contributed by atoms with Crippen LogP contribution >= 0.6 is 0 Å². The third kappa shape index (κ3) is 10.1. The standard InChI is InChI=1S/C39H59NO6Si/c1-7-11-13-20-32(45-39(42)40(5)6)22-23-33-34-24-30-19-16-21-36(43-28-38(41)44-27-29-17-14-12-15-18-29)35(30)25-31(34)26-37(33)46-47(8-2,9-3)10-4/h12,14-19,21,31-34,37H,7-11,13,20,22-28H2,1-6H3/t31-,32-,33+,34-,37+/m0/s1. The normalized spacial score (nSPS) is 21.0. The molecule has 0 N–H and O–H groups in total. The van der Waals surface area contributed by atoms with Crippen molar-refractivity contribution in [1.29, 1.82) is 0 Å². The van der Waals surface area contributed by atoms with Crippen LogP contribution in [-0.4, -0.2) is 58.2 Å². The molecule has 0 bridgehead atoms. The molecule has 1 fully saturated rings. The average Bonchev–Trinajstić information content (AvgIpc) is 3.42. The Morgan fingerprint density at radius 3 is 2.34 bits per heavy atom. The molecule has 5 atom stereocenters. The highest BCUT2D eigenvalue weighted by Gasteiger charge is 2.48. The van der Waals surface area contributed by atoms with Gasteiger partial charge in [-0.15, -0.1) is 0 Å². The number of rotatable bonds is 18. The van der Waals surface area contributed by atoms with E-state index in [0.717, 1.165) is 87.2 Å². The molecule has 2 aromatic carbocycles. The number of unbranched alkanes of at least 4 members (excludes halogenated alkanes) is 2. The Morgan fingerprint density at radius 2 is 1.66 bits per heavy atom. The van der Waals surface area contributed by atoms with Gasteiger partial charge >= 0.3 is 12.1 Å². The number of nitrogens with zero attached hydrogens (tertiary/aromatic N) is 1. The zero-order valence-electron chi connectivity index (χ0n) is 29.8. The molecule has 0 aliphatic heterocycles. The fourth-order valence-electron chi connectivity index (χ4n) is 7.79. The Bertz CT molecular complexity index is 1260. The van der Waals surface area contributed by atoms with Crippen LogP contribution in [0.25, 0.3) is 0 Å². The average molecular weight is 666 g/mol. The van der Waals surface area contributed by atoms with Gasteiger partial charge in [0.2, 0.25) is 0 Å². The van der Waals surface area contributed by atoms with Gasteiger partial charge in [-0.25, -0.2) is 9.59 Å². The summed E-state index contributed by atoms with van der Waals surface area (Å²) in [6.07, 6.45) is 9.03. The lowest BCUT2D eigenvalue weighted by atomic mass is 9.73. The molecular formula is C39H59NO6Si. The maximum absolute atomic E-state index is 12.6. The lowest BCUT2D eigenvalue weighted by molar-refractivity contribution is -0.147. The first kappa shape index (κ1) is 37.0. The minimum Gasteiger partial charge on any atom is -0.482 e. The first-order chi connectivity index (χ1) is 22.7. The largest absolute Gasteiger partial charge is 0.482 e. The Morgan fingerprint density at radius 1 is 0.915 bits per heavy atom. The Balaban J connectivity index is 1.48. The van der Waals surface area contributed by atoms with Crippen molar-refractivity contribution in [2.24, 2.45) is 17.8 Å². The lowest BCUT2D eigenvalue weighted by Crippen LogP contribution is -2.42. The summed E-state index contributed by atoms with van der Waals surface area (Å²) < 4.78 is 24.9. The SMILES string of the molecule is CCCCC[C@@H](CC[C@@H]1[C@H]2Cc3cccc(OCC(=O)OCc4ccccc4)c3C[C@H]2C[C@H]1O[Si](CC)(CC)CC)OC(=O)N(C)C. The summed E-state index contributed by atoms with van der Waals surface area (Å²) in [6, 6.07) is 19.4. The maximum atomic E-state index is 12.6. The van der Waals surface area contributed by atoms with Crippen molar-refractivity contribution in [3.63, 3.8) is 0 Å². The zero-order chi connectivity index (χ0) is 33.8. The van der Waals surface area contributed by atoms with Crippen LogP contribution in [0.5, 0.6) is 5.75 Å². The highest BCUT2D eigenvalue weighted by Crippen LogP contribution is 2.50. The molecule has 260 valence electrons. The molecule has 0 aromatic heterocycles. The number of fused-ring (bicyclic) bond motifs is 2. The van der Waals surface area contributed by atoms with E-state index >= 15 is 0 Å². The number of benzene rings is 2. The van der Waals surface area contributed by atoms with E-state index in [0.29, 0.717) is 17.8 Å². The first-order valence-corrected chi connectivity index (χ1v) is 20.7. The van der Waals surface area contributed by atoms with Gasteiger partial charge in [-0.2, -0.15) is 0 Å². The van der Waals surface area contributed by atoms with Crippen molar-refractivity contribution in [3.8, 4) is 5.75 Å². The van der Waals surface area contributed by atoms with Crippen LogP contribution in [0.2, 0.25) is 18.1 Å². The van der Waals surface area contributed by atoms with E-state index in [-0.39, 0.29) is 37.5 Å². The minimum atomic E-state index is -1.83. The molecule has 2 aliphatic carbocycles. The summed E-state index contributed by atoms with van der Waals surface area (Å²) in [4.78, 5) is 26.7. The van der Waals surface area contributed by atoms with E-state index < -0.39 is 8.32 Å². The third-order valence-corrected chi connectivity index (χ3v) is 15.5. The maximum Gasteiger partial charge on any atom is 0.409 e. The number of ether oxygens (including phenoxy) is 3. The van der Waals surface area contributed by atoms with Crippen molar-refractivity contribution in [3.05, 3.63) is 65.2 Å². The highest BCUT2D eigenvalue weighted by molar-refractivity contribution is 6.73. The Kier molecular flexibility index (Phi) is 14.2. The number of carbonyl (C=O) groups is 2. The summed E-state index contributed by atoms with van der Waals surface area (Å²) in [6.45, 7) is 9.28. The molecular weight excluding hydrogens is 607 g/mol. The molecule has 0 unspecified atom stereocenters. The second-order valence-corrected chi connectivity index (χ2v) is 18.7. The van der Waals surface area contributed by atoms with Crippen LogP contribution in [0.3, 0.4) is 0 Å². The van der Waals surface area contributed by atoms with Crippen molar-refractivity contribution in [2.75, 3.05) is 20.7 Å². The molecule has 4 rings (SSSR count). The van der Waals surface area contributed by atoms with E-state index in [1.165, 1.54) is 16.0 Å². The molecule has 0 spiro atoms. The summed E-state index contributed by atoms with van der Waals surface area (Å²) in [5, 5.41) is 0. The van der Waals surface area contributed by atoms with E-state index in [1.54, 1.807) is 14.1 Å². The van der Waals surface area contributed by atoms with Gasteiger partial charge in [-0.05, 0) is 104 Å². The monoisotopic (exact) mass is 665 g/mol. The lowest BCUT2D eigenvalue weighted by Gasteiger charge is -2.36. The number of amides is 1. The second-order valence-electron chi connectivity index (χ2n) is 13.9. The number of carbonyl (C=O) groups excluding carboxylic acids is 2. The Hall–Kier alpha value is -2.84. The van der Waals surface area contributed by atoms with Gasteiger partial charge in [-0.1, -0.05) is 83.0 Å². The predicted octanol–water partition coefficient (Wildman–Crippen LogP) is 8.98. The van der Waals surface area contributed by atoms with Crippen LogP contribution in [0, 0.1) is 17.8 Å². The van der Waals surface area contributed by atoms with Crippen molar-refractivity contribution in [1.82, 2.24) is 4.90 Å². The van der Waals surface area contributed by atoms with Crippen LogP contribution in [0.1, 0.15) is 89.3 Å². The van der Waals surface area contributed by atoms with Crippen LogP contribution in [0.4, 0.5) is 4.79 Å². The smallest absolute Gasteiger partial charge is 0.409 e. The van der Waals surface area contributed by atoms with Gasteiger partial charge in [0.25, 0.3) is 0 Å². The summed E-state index contributed by atoms with van der Waals surface area (Å²) in [7, 11) is 1.68. The second kappa shape index (κ2) is 18.1. The molecule has 0 radical (unpaired) electrons. The molecule has 0 saturated heterocycles. The minimum absolute atomic E-state index is 0.0702. The number of hydrogen-bond donors (Lipinski definition) is 0. The van der Waals surface area contributed by atoms with Crippen LogP contribution < -0.4 is 4.74 Å². The van der Waals surface area contributed by atoms with Crippen molar-refractivity contribution >= 4 is 20.4 Å². The van der Waals surface area contributed by atoms with Crippen LogP contribution in [0.15, 0.2) is 48.5 Å². The molecule has 0 heterocycles. The van der Waals surface area contributed by atoms with Gasteiger partial charge in [0.05, 0.1) is 0 Å². The molecule has 2 aromatic rings. The van der Waals surface area contributed by atoms with Crippen molar-refractivity contribution in [2.45, 2.75) is 122 Å². The fourth-order valence-corrected chi connectivity index (χ4v) is 10.7. The fraction of sp³-hybridized carbons (Fsp3) is 0.641. The van der Waals surface area contributed by atoms with E-state index in [2.05, 4.69) is 39.8 Å². The topological polar surface area (TPSA) is 74.3 Å². The first-order valence-electron chi connectivity index (χ1n) is 18.2. The van der Waals surface area contributed by atoms with E-state index in [4.69, 9.17) is 18.6 Å². The zero-order valence-corrected chi connectivity index (χ0v) is 30.8. The summed E-state index contributed by atoms with van der Waals surface area (Å²) in [5.74, 6) is 1.86. The summed E-state index contributed by atoms with van der Waals surface area (Å²) >= 11 is 0. The molecule has 7 nitrogen and oxygen atoms in total. The van der Waals surface area contributed by atoms with Gasteiger partial charge in [0.15, 0.2) is 14.9 Å². The van der Waals surface area contributed by atoms with Gasteiger partial charge in [0, 0.05) is 20.2 Å². The quantitative estimate of drug-likeness (QED) is 0.0899. The van der Waals surface area contributed by atoms with E-state index in [1.807, 2.05) is 36.4 Å². The van der Waals surface area contributed by atoms with E-state index in [9.17, 15) is 9.59 Å². The van der Waals surface area contributed by atoms with Gasteiger partial charge in [0.1, 0.15) is 18.5 Å². The highest BCUT2D eigenvalue weighted by atomic mass is 28.4. The predicted molar refractivity (Wildman–Crippen MR) is 190 cm³/mol. The molecule has 2 aliphatic rings. The molecule has 47 heavy (non-hydrogen) atoms. The molecule has 1 amide bonds. The molecule has 8 heteroatoms. The van der Waals surface area contributed by atoms with Crippen LogP contribution in [-0.2, 0) is 38.1 Å². The van der Waals surface area contributed by atoms with Gasteiger partial charge < -0.3 is 23.5 Å².